The SMILES string of the molecule is Cc1c(Cl)nc(-c2ncc[nH]2)nc1Cl. The zero-order valence-electron chi connectivity index (χ0n) is 7.25. The lowest BCUT2D eigenvalue weighted by Crippen LogP contribution is -1.94. The molecule has 0 fully saturated rings. The standard InChI is InChI=1S/C8H6Cl2N4/c1-4-5(9)13-8(14-6(4)10)7-11-2-3-12-7/h2-3H,1H3,(H,11,12). The number of hydrogen-bond acceptors (Lipinski definition) is 3. The maximum atomic E-state index is 5.86. The van der Waals surface area contributed by atoms with Crippen LogP contribution in [-0.2, 0) is 0 Å². The van der Waals surface area contributed by atoms with E-state index in [9.17, 15) is 0 Å². The molecule has 0 atom stereocenters. The van der Waals surface area contributed by atoms with Crippen LogP contribution in [0.4, 0.5) is 0 Å². The van der Waals surface area contributed by atoms with Gasteiger partial charge in [-0.2, -0.15) is 0 Å². The molecule has 14 heavy (non-hydrogen) atoms. The molecule has 0 aliphatic carbocycles. The highest BCUT2D eigenvalue weighted by molar-refractivity contribution is 6.34. The minimum Gasteiger partial charge on any atom is -0.342 e. The third-order valence-electron chi connectivity index (χ3n) is 1.74. The summed E-state index contributed by atoms with van der Waals surface area (Å²) in [4.78, 5) is 15.0. The van der Waals surface area contributed by atoms with E-state index in [2.05, 4.69) is 19.9 Å². The molecule has 0 radical (unpaired) electrons. The van der Waals surface area contributed by atoms with E-state index in [0.29, 0.717) is 27.5 Å². The van der Waals surface area contributed by atoms with E-state index in [1.807, 2.05) is 0 Å². The number of H-pyrrole nitrogens is 1. The van der Waals surface area contributed by atoms with Crippen molar-refractivity contribution in [1.82, 2.24) is 19.9 Å². The van der Waals surface area contributed by atoms with Gasteiger partial charge in [-0.05, 0) is 6.92 Å². The van der Waals surface area contributed by atoms with Crippen LogP contribution in [0.2, 0.25) is 10.3 Å². The molecular weight excluding hydrogens is 223 g/mol. The Kier molecular flexibility index (Phi) is 2.39. The van der Waals surface area contributed by atoms with Gasteiger partial charge >= 0.3 is 0 Å². The van der Waals surface area contributed by atoms with Crippen LogP contribution in [0, 0.1) is 6.92 Å². The Morgan fingerprint density at radius 2 is 1.86 bits per heavy atom. The van der Waals surface area contributed by atoms with Crippen molar-refractivity contribution in [2.24, 2.45) is 0 Å². The van der Waals surface area contributed by atoms with E-state index in [0.717, 1.165) is 0 Å². The molecule has 0 unspecified atom stereocenters. The van der Waals surface area contributed by atoms with E-state index in [1.54, 1.807) is 19.3 Å². The van der Waals surface area contributed by atoms with Crippen LogP contribution in [0.25, 0.3) is 11.6 Å². The molecule has 0 bridgehead atoms. The quantitative estimate of drug-likeness (QED) is 0.764. The molecule has 6 heteroatoms. The molecule has 1 N–H and O–H groups in total. The molecule has 2 rings (SSSR count). The van der Waals surface area contributed by atoms with Crippen LogP contribution in [-0.4, -0.2) is 19.9 Å². The number of nitrogens with zero attached hydrogens (tertiary/aromatic N) is 3. The van der Waals surface area contributed by atoms with E-state index in [4.69, 9.17) is 23.2 Å². The number of aromatic amines is 1. The molecule has 0 saturated heterocycles. The first-order valence-electron chi connectivity index (χ1n) is 3.88. The van der Waals surface area contributed by atoms with Crippen molar-refractivity contribution in [1.29, 1.82) is 0 Å². The largest absolute Gasteiger partial charge is 0.342 e. The second kappa shape index (κ2) is 3.55. The predicted molar refractivity (Wildman–Crippen MR) is 54.4 cm³/mol. The van der Waals surface area contributed by atoms with Gasteiger partial charge in [0.15, 0.2) is 11.6 Å². The summed E-state index contributed by atoms with van der Waals surface area (Å²) in [5.74, 6) is 0.949. The first-order valence-corrected chi connectivity index (χ1v) is 4.63. The molecular formula is C8H6Cl2N4. The lowest BCUT2D eigenvalue weighted by Gasteiger charge is -2.01. The topological polar surface area (TPSA) is 54.5 Å². The highest BCUT2D eigenvalue weighted by atomic mass is 35.5. The maximum absolute atomic E-state index is 5.86. The highest BCUT2D eigenvalue weighted by Crippen LogP contribution is 2.22. The average molecular weight is 229 g/mol. The molecule has 0 aliphatic heterocycles. The van der Waals surface area contributed by atoms with Gasteiger partial charge in [0.1, 0.15) is 10.3 Å². The molecule has 0 aliphatic rings. The van der Waals surface area contributed by atoms with Crippen molar-refractivity contribution in [2.75, 3.05) is 0 Å². The van der Waals surface area contributed by atoms with Gasteiger partial charge in [0.2, 0.25) is 0 Å². The Bertz CT molecular complexity index is 429. The Morgan fingerprint density at radius 3 is 2.36 bits per heavy atom. The molecule has 2 aromatic heterocycles. The zero-order valence-corrected chi connectivity index (χ0v) is 8.76. The van der Waals surface area contributed by atoms with Gasteiger partial charge in [-0.25, -0.2) is 15.0 Å². The van der Waals surface area contributed by atoms with Crippen LogP contribution in [0.15, 0.2) is 12.4 Å². The minimum absolute atomic E-state index is 0.344. The first-order chi connectivity index (χ1) is 6.68. The van der Waals surface area contributed by atoms with E-state index in [-0.39, 0.29) is 0 Å². The zero-order chi connectivity index (χ0) is 10.1. The third kappa shape index (κ3) is 1.58. The molecule has 72 valence electrons. The fourth-order valence-electron chi connectivity index (χ4n) is 0.957. The number of rotatable bonds is 1. The fraction of sp³-hybridized carbons (Fsp3) is 0.125. The molecule has 0 saturated carbocycles. The molecule has 2 aromatic rings. The van der Waals surface area contributed by atoms with E-state index in [1.165, 1.54) is 0 Å². The molecule has 0 amide bonds. The predicted octanol–water partition coefficient (Wildman–Crippen LogP) is 2.48. The molecule has 0 aromatic carbocycles. The Hall–Kier alpha value is -1.13. The van der Waals surface area contributed by atoms with Gasteiger partial charge in [-0.3, -0.25) is 0 Å². The van der Waals surface area contributed by atoms with Crippen LogP contribution >= 0.6 is 23.2 Å². The second-order valence-corrected chi connectivity index (χ2v) is 3.41. The summed E-state index contributed by atoms with van der Waals surface area (Å²) < 4.78 is 0. The van der Waals surface area contributed by atoms with Crippen LogP contribution < -0.4 is 0 Å². The maximum Gasteiger partial charge on any atom is 0.198 e. The Morgan fingerprint density at radius 1 is 1.21 bits per heavy atom. The van der Waals surface area contributed by atoms with Crippen molar-refractivity contribution in [3.8, 4) is 11.6 Å². The summed E-state index contributed by atoms with van der Waals surface area (Å²) >= 11 is 11.7. The van der Waals surface area contributed by atoms with Gasteiger partial charge in [0.05, 0.1) is 0 Å². The van der Waals surface area contributed by atoms with Gasteiger partial charge in [-0.1, -0.05) is 23.2 Å². The van der Waals surface area contributed by atoms with Gasteiger partial charge in [0, 0.05) is 18.0 Å². The average Bonchev–Trinajstić information content (AvgIpc) is 2.66. The lowest BCUT2D eigenvalue weighted by molar-refractivity contribution is 1.10. The number of aromatic nitrogens is 4. The third-order valence-corrected chi connectivity index (χ3v) is 2.47. The smallest absolute Gasteiger partial charge is 0.198 e. The van der Waals surface area contributed by atoms with E-state index >= 15 is 0 Å². The number of nitrogens with one attached hydrogen (secondary N) is 1. The van der Waals surface area contributed by atoms with Crippen LogP contribution in [0.1, 0.15) is 5.56 Å². The number of halogens is 2. The monoisotopic (exact) mass is 228 g/mol. The van der Waals surface area contributed by atoms with Crippen LogP contribution in [0.3, 0.4) is 0 Å². The second-order valence-electron chi connectivity index (χ2n) is 2.69. The minimum atomic E-state index is 0.344. The Balaban J connectivity index is 2.57. The van der Waals surface area contributed by atoms with Crippen molar-refractivity contribution in [3.63, 3.8) is 0 Å². The van der Waals surface area contributed by atoms with Crippen LogP contribution in [0.5, 0.6) is 0 Å². The number of imidazole rings is 1. The van der Waals surface area contributed by atoms with Gasteiger partial charge in [-0.15, -0.1) is 0 Å². The summed E-state index contributed by atoms with van der Waals surface area (Å²) in [6, 6.07) is 0. The summed E-state index contributed by atoms with van der Waals surface area (Å²) in [5, 5.41) is 0.688. The molecule has 2 heterocycles. The lowest BCUT2D eigenvalue weighted by atomic mass is 10.4. The summed E-state index contributed by atoms with van der Waals surface area (Å²) in [6.45, 7) is 1.76. The molecule has 4 nitrogen and oxygen atoms in total. The van der Waals surface area contributed by atoms with Crippen molar-refractivity contribution < 1.29 is 0 Å². The van der Waals surface area contributed by atoms with Crippen molar-refractivity contribution >= 4 is 23.2 Å². The number of hydrogen-bond donors (Lipinski definition) is 1. The summed E-state index contributed by atoms with van der Waals surface area (Å²) in [7, 11) is 0. The first kappa shape index (κ1) is 9.43. The molecule has 0 spiro atoms. The van der Waals surface area contributed by atoms with Crippen molar-refractivity contribution in [2.45, 2.75) is 6.92 Å². The Labute approximate surface area is 90.3 Å². The highest BCUT2D eigenvalue weighted by Gasteiger charge is 2.10. The summed E-state index contributed by atoms with van der Waals surface area (Å²) in [5.41, 5.74) is 0.670. The normalized spacial score (nSPS) is 10.5. The van der Waals surface area contributed by atoms with E-state index < -0.39 is 0 Å². The fourth-order valence-corrected chi connectivity index (χ4v) is 1.34. The van der Waals surface area contributed by atoms with Gasteiger partial charge in [0.25, 0.3) is 0 Å². The summed E-state index contributed by atoms with van der Waals surface area (Å²) in [6.07, 6.45) is 3.29. The van der Waals surface area contributed by atoms with Crippen molar-refractivity contribution in [3.05, 3.63) is 28.3 Å². The van der Waals surface area contributed by atoms with Gasteiger partial charge < -0.3 is 4.98 Å².